The summed E-state index contributed by atoms with van der Waals surface area (Å²) < 4.78 is 0. The first-order valence-electron chi connectivity index (χ1n) is 6.02. The van der Waals surface area contributed by atoms with Crippen LogP contribution in [0, 0.1) is 6.92 Å². The third-order valence-corrected chi connectivity index (χ3v) is 3.95. The summed E-state index contributed by atoms with van der Waals surface area (Å²) in [5.74, 6) is 1.53. The average molecular weight is 294 g/mol. The van der Waals surface area contributed by atoms with E-state index < -0.39 is 0 Å². The summed E-state index contributed by atoms with van der Waals surface area (Å²) in [4.78, 5) is 9.96. The first-order valence-corrected chi connectivity index (χ1v) is 7.39. The highest BCUT2D eigenvalue weighted by molar-refractivity contribution is 7.98. The number of thioether (sulfide) groups is 1. The number of nitrogens with two attached hydrogens (primary N) is 1. The van der Waals surface area contributed by atoms with E-state index in [9.17, 15) is 0 Å². The molecule has 100 valence electrons. The van der Waals surface area contributed by atoms with Crippen molar-refractivity contribution in [3.63, 3.8) is 0 Å². The summed E-state index contributed by atoms with van der Waals surface area (Å²) in [7, 11) is 0. The largest absolute Gasteiger partial charge is 0.324 e. The topological polar surface area (TPSA) is 51.8 Å². The first kappa shape index (κ1) is 14.3. The number of nitrogens with zero attached hydrogens (tertiary/aromatic N) is 2. The molecule has 2 aromatic rings. The Bertz CT molecular complexity index is 572. The zero-order valence-electron chi connectivity index (χ0n) is 10.9. The van der Waals surface area contributed by atoms with Crippen molar-refractivity contribution in [3.8, 4) is 0 Å². The maximum absolute atomic E-state index is 5.95. The number of halogens is 1. The predicted molar refractivity (Wildman–Crippen MR) is 80.4 cm³/mol. The SMILES string of the molecule is Cc1nc(CSc2cccc(Cl)c2)ncc1[C@@H](C)N. The Kier molecular flexibility index (Phi) is 4.80. The molecular formula is C14H16ClN3S. The molecule has 1 heterocycles. The van der Waals surface area contributed by atoms with Crippen molar-refractivity contribution in [2.75, 3.05) is 0 Å². The van der Waals surface area contributed by atoms with Crippen LogP contribution in [0.1, 0.15) is 30.0 Å². The first-order chi connectivity index (χ1) is 9.06. The lowest BCUT2D eigenvalue weighted by atomic mass is 10.1. The van der Waals surface area contributed by atoms with Gasteiger partial charge in [0.2, 0.25) is 0 Å². The Morgan fingerprint density at radius 1 is 1.42 bits per heavy atom. The van der Waals surface area contributed by atoms with E-state index in [-0.39, 0.29) is 6.04 Å². The number of benzene rings is 1. The minimum Gasteiger partial charge on any atom is -0.324 e. The van der Waals surface area contributed by atoms with Gasteiger partial charge in [-0.1, -0.05) is 17.7 Å². The fourth-order valence-electron chi connectivity index (χ4n) is 1.75. The molecule has 5 heteroatoms. The summed E-state index contributed by atoms with van der Waals surface area (Å²) in [6, 6.07) is 7.74. The van der Waals surface area contributed by atoms with Crippen LogP contribution in [0.4, 0.5) is 0 Å². The molecule has 19 heavy (non-hydrogen) atoms. The summed E-state index contributed by atoms with van der Waals surface area (Å²) in [6.45, 7) is 3.90. The molecule has 0 saturated heterocycles. The molecule has 0 unspecified atom stereocenters. The number of hydrogen-bond donors (Lipinski definition) is 1. The van der Waals surface area contributed by atoms with Crippen molar-refractivity contribution in [1.82, 2.24) is 9.97 Å². The lowest BCUT2D eigenvalue weighted by molar-refractivity contribution is 0.781. The van der Waals surface area contributed by atoms with Crippen LogP contribution in [0.25, 0.3) is 0 Å². The van der Waals surface area contributed by atoms with Crippen LogP contribution in [0.2, 0.25) is 5.02 Å². The third-order valence-electron chi connectivity index (χ3n) is 2.72. The summed E-state index contributed by atoms with van der Waals surface area (Å²) in [5, 5.41) is 0.745. The van der Waals surface area contributed by atoms with E-state index in [1.54, 1.807) is 11.8 Å². The van der Waals surface area contributed by atoms with Gasteiger partial charge in [0.15, 0.2) is 0 Å². The quantitative estimate of drug-likeness (QED) is 0.872. The van der Waals surface area contributed by atoms with Crippen LogP contribution >= 0.6 is 23.4 Å². The van der Waals surface area contributed by atoms with Gasteiger partial charge in [0.05, 0.1) is 5.75 Å². The molecule has 2 N–H and O–H groups in total. The molecule has 0 saturated carbocycles. The summed E-state index contributed by atoms with van der Waals surface area (Å²) in [5.41, 5.74) is 7.79. The Morgan fingerprint density at radius 2 is 2.21 bits per heavy atom. The zero-order chi connectivity index (χ0) is 13.8. The van der Waals surface area contributed by atoms with Gasteiger partial charge in [-0.3, -0.25) is 0 Å². The molecule has 0 bridgehead atoms. The number of aryl methyl sites for hydroxylation is 1. The maximum atomic E-state index is 5.95. The molecule has 2 rings (SSSR count). The van der Waals surface area contributed by atoms with E-state index in [4.69, 9.17) is 17.3 Å². The van der Waals surface area contributed by atoms with Crippen LogP contribution in [-0.4, -0.2) is 9.97 Å². The number of rotatable bonds is 4. The van der Waals surface area contributed by atoms with E-state index in [0.717, 1.165) is 32.8 Å². The molecule has 0 aliphatic rings. The molecule has 1 atom stereocenters. The monoisotopic (exact) mass is 293 g/mol. The Hall–Kier alpha value is -1.10. The minimum atomic E-state index is -0.0327. The number of aromatic nitrogens is 2. The van der Waals surface area contributed by atoms with E-state index in [0.29, 0.717) is 0 Å². The van der Waals surface area contributed by atoms with Gasteiger partial charge in [-0.2, -0.15) is 0 Å². The van der Waals surface area contributed by atoms with Gasteiger partial charge in [0, 0.05) is 33.4 Å². The molecule has 0 fully saturated rings. The van der Waals surface area contributed by atoms with E-state index >= 15 is 0 Å². The predicted octanol–water partition coefficient (Wildman–Crippen LogP) is 3.75. The van der Waals surface area contributed by atoms with Crippen molar-refractivity contribution in [2.45, 2.75) is 30.5 Å². The van der Waals surface area contributed by atoms with E-state index in [1.807, 2.05) is 44.3 Å². The molecule has 3 nitrogen and oxygen atoms in total. The van der Waals surface area contributed by atoms with Gasteiger partial charge in [0.25, 0.3) is 0 Å². The van der Waals surface area contributed by atoms with Crippen molar-refractivity contribution < 1.29 is 0 Å². The molecule has 0 amide bonds. The lowest BCUT2D eigenvalue weighted by Crippen LogP contribution is -2.10. The standard InChI is InChI=1S/C14H16ClN3S/c1-9(16)13-7-17-14(18-10(13)2)8-19-12-5-3-4-11(15)6-12/h3-7,9H,8,16H2,1-2H3/t9-/m1/s1. The summed E-state index contributed by atoms with van der Waals surface area (Å²) >= 11 is 7.62. The van der Waals surface area contributed by atoms with Gasteiger partial charge >= 0.3 is 0 Å². The fraction of sp³-hybridized carbons (Fsp3) is 0.286. The highest BCUT2D eigenvalue weighted by Crippen LogP contribution is 2.24. The normalized spacial score (nSPS) is 12.4. The van der Waals surface area contributed by atoms with Gasteiger partial charge in [0.1, 0.15) is 5.82 Å². The lowest BCUT2D eigenvalue weighted by Gasteiger charge is -2.09. The van der Waals surface area contributed by atoms with Crippen LogP contribution < -0.4 is 5.73 Å². The van der Waals surface area contributed by atoms with Gasteiger partial charge < -0.3 is 5.73 Å². The van der Waals surface area contributed by atoms with Crippen LogP contribution in [-0.2, 0) is 5.75 Å². The fourth-order valence-corrected chi connectivity index (χ4v) is 2.82. The van der Waals surface area contributed by atoms with E-state index in [1.165, 1.54) is 0 Å². The van der Waals surface area contributed by atoms with E-state index in [2.05, 4.69) is 9.97 Å². The second-order valence-electron chi connectivity index (χ2n) is 4.36. The van der Waals surface area contributed by atoms with Crippen molar-refractivity contribution >= 4 is 23.4 Å². The summed E-state index contributed by atoms with van der Waals surface area (Å²) in [6.07, 6.45) is 1.82. The molecular weight excluding hydrogens is 278 g/mol. The van der Waals surface area contributed by atoms with Crippen molar-refractivity contribution in [2.24, 2.45) is 5.73 Å². The molecule has 1 aromatic heterocycles. The molecule has 0 aliphatic carbocycles. The minimum absolute atomic E-state index is 0.0327. The Balaban J connectivity index is 2.06. The smallest absolute Gasteiger partial charge is 0.138 e. The molecule has 1 aromatic carbocycles. The van der Waals surface area contributed by atoms with Crippen LogP contribution in [0.15, 0.2) is 35.4 Å². The highest BCUT2D eigenvalue weighted by atomic mass is 35.5. The van der Waals surface area contributed by atoms with Crippen molar-refractivity contribution in [1.29, 1.82) is 0 Å². The van der Waals surface area contributed by atoms with Gasteiger partial charge in [-0.15, -0.1) is 11.8 Å². The molecule has 0 spiro atoms. The third kappa shape index (κ3) is 3.93. The maximum Gasteiger partial charge on any atom is 0.138 e. The zero-order valence-corrected chi connectivity index (χ0v) is 12.5. The second kappa shape index (κ2) is 6.37. The molecule has 0 radical (unpaired) electrons. The average Bonchev–Trinajstić information content (AvgIpc) is 2.36. The van der Waals surface area contributed by atoms with Gasteiger partial charge in [-0.25, -0.2) is 9.97 Å². The highest BCUT2D eigenvalue weighted by Gasteiger charge is 2.07. The van der Waals surface area contributed by atoms with Crippen LogP contribution in [0.5, 0.6) is 0 Å². The second-order valence-corrected chi connectivity index (χ2v) is 5.85. The van der Waals surface area contributed by atoms with Gasteiger partial charge in [-0.05, 0) is 32.0 Å². The Labute approximate surface area is 122 Å². The van der Waals surface area contributed by atoms with Crippen LogP contribution in [0.3, 0.4) is 0 Å². The molecule has 0 aliphatic heterocycles. The number of hydrogen-bond acceptors (Lipinski definition) is 4. The Morgan fingerprint density at radius 3 is 2.84 bits per heavy atom. The van der Waals surface area contributed by atoms with Crippen molar-refractivity contribution in [3.05, 3.63) is 52.6 Å².